The van der Waals surface area contributed by atoms with Gasteiger partial charge in [0.1, 0.15) is 11.5 Å². The number of benzene rings is 2. The van der Waals surface area contributed by atoms with Crippen LogP contribution in [0.5, 0.6) is 11.5 Å². The molecule has 2 N–H and O–H groups in total. The summed E-state index contributed by atoms with van der Waals surface area (Å²) >= 11 is 0. The monoisotopic (exact) mass is 357 g/mol. The minimum Gasteiger partial charge on any atom is -0.483 e. The van der Waals surface area contributed by atoms with E-state index in [1.807, 2.05) is 25.1 Å². The predicted octanol–water partition coefficient (Wildman–Crippen LogP) is 3.60. The van der Waals surface area contributed by atoms with Crippen LogP contribution < -0.4 is 14.8 Å². The van der Waals surface area contributed by atoms with Crippen molar-refractivity contribution >= 4 is 17.6 Å². The molecular formula is C20H23NO5. The molecule has 0 fully saturated rings. The predicted molar refractivity (Wildman–Crippen MR) is 99.0 cm³/mol. The minimum atomic E-state index is -1.06. The molecule has 0 aliphatic rings. The van der Waals surface area contributed by atoms with E-state index in [0.717, 1.165) is 11.1 Å². The molecule has 26 heavy (non-hydrogen) atoms. The summed E-state index contributed by atoms with van der Waals surface area (Å²) in [5, 5.41) is 11.3. The first-order valence-electron chi connectivity index (χ1n) is 8.33. The summed E-state index contributed by atoms with van der Waals surface area (Å²) in [7, 11) is 0. The third-order valence-corrected chi connectivity index (χ3v) is 3.63. The minimum absolute atomic E-state index is 0.122. The summed E-state index contributed by atoms with van der Waals surface area (Å²) < 4.78 is 10.8. The van der Waals surface area contributed by atoms with Crippen molar-refractivity contribution in [2.24, 2.45) is 0 Å². The lowest BCUT2D eigenvalue weighted by molar-refractivity contribution is -0.139. The van der Waals surface area contributed by atoms with Gasteiger partial charge in [-0.15, -0.1) is 0 Å². The molecule has 0 aliphatic carbocycles. The largest absolute Gasteiger partial charge is 0.483 e. The molecule has 0 bridgehead atoms. The summed E-state index contributed by atoms with van der Waals surface area (Å²) in [6.07, 6.45) is 0. The highest BCUT2D eigenvalue weighted by Gasteiger charge is 2.11. The average molecular weight is 357 g/mol. The number of nitrogens with one attached hydrogen (secondary N) is 1. The molecule has 0 heterocycles. The molecule has 0 atom stereocenters. The maximum atomic E-state index is 12.2. The number of rotatable bonds is 8. The second-order valence-corrected chi connectivity index (χ2v) is 6.24. The standard InChI is InChI=1S/C20H23NO5/c1-13(2)17-8-7-14(3)9-18(17)26-11-19(22)21-15-5-4-6-16(10-15)25-12-20(23)24/h4-10,13H,11-12H2,1-3H3,(H,21,22)(H,23,24). The van der Waals surface area contributed by atoms with Crippen LogP contribution in [0.25, 0.3) is 0 Å². The van der Waals surface area contributed by atoms with Gasteiger partial charge >= 0.3 is 5.97 Å². The van der Waals surface area contributed by atoms with Gasteiger partial charge < -0.3 is 19.9 Å². The number of aliphatic carboxylic acids is 1. The Morgan fingerprint density at radius 2 is 1.85 bits per heavy atom. The first-order chi connectivity index (χ1) is 12.3. The zero-order valence-electron chi connectivity index (χ0n) is 15.1. The molecule has 1 amide bonds. The lowest BCUT2D eigenvalue weighted by atomic mass is 10.0. The van der Waals surface area contributed by atoms with E-state index in [2.05, 4.69) is 19.2 Å². The number of hydrogen-bond acceptors (Lipinski definition) is 4. The van der Waals surface area contributed by atoms with Crippen LogP contribution in [0.15, 0.2) is 42.5 Å². The Labute approximate surface area is 152 Å². The van der Waals surface area contributed by atoms with Crippen LogP contribution in [0.4, 0.5) is 5.69 Å². The number of aryl methyl sites for hydroxylation is 1. The normalized spacial score (nSPS) is 10.5. The van der Waals surface area contributed by atoms with Gasteiger partial charge in [0.15, 0.2) is 13.2 Å². The zero-order chi connectivity index (χ0) is 19.1. The van der Waals surface area contributed by atoms with Gasteiger partial charge in [-0.2, -0.15) is 0 Å². The molecule has 2 aromatic rings. The molecular weight excluding hydrogens is 334 g/mol. The molecule has 0 spiro atoms. The number of amides is 1. The molecule has 2 aromatic carbocycles. The number of hydrogen-bond donors (Lipinski definition) is 2. The van der Waals surface area contributed by atoms with E-state index in [1.165, 1.54) is 0 Å². The number of carboxylic acid groups (broad SMARTS) is 1. The quantitative estimate of drug-likeness (QED) is 0.754. The van der Waals surface area contributed by atoms with Gasteiger partial charge in [0.2, 0.25) is 0 Å². The van der Waals surface area contributed by atoms with Crippen molar-refractivity contribution in [3.05, 3.63) is 53.6 Å². The van der Waals surface area contributed by atoms with Crippen molar-refractivity contribution in [1.82, 2.24) is 0 Å². The summed E-state index contributed by atoms with van der Waals surface area (Å²) in [5.41, 5.74) is 2.62. The molecule has 138 valence electrons. The van der Waals surface area contributed by atoms with Crippen molar-refractivity contribution in [3.8, 4) is 11.5 Å². The van der Waals surface area contributed by atoms with Gasteiger partial charge in [0.05, 0.1) is 0 Å². The van der Waals surface area contributed by atoms with Crippen molar-refractivity contribution in [2.75, 3.05) is 18.5 Å². The number of carboxylic acids is 1. The number of ether oxygens (including phenoxy) is 2. The van der Waals surface area contributed by atoms with Crippen molar-refractivity contribution < 1.29 is 24.2 Å². The van der Waals surface area contributed by atoms with Gasteiger partial charge in [0.25, 0.3) is 5.91 Å². The molecule has 6 heteroatoms. The highest BCUT2D eigenvalue weighted by molar-refractivity contribution is 5.92. The smallest absolute Gasteiger partial charge is 0.341 e. The number of carbonyl (C=O) groups is 2. The first kappa shape index (κ1) is 19.3. The highest BCUT2D eigenvalue weighted by atomic mass is 16.5. The third-order valence-electron chi connectivity index (χ3n) is 3.63. The van der Waals surface area contributed by atoms with Gasteiger partial charge in [-0.05, 0) is 42.2 Å². The van der Waals surface area contributed by atoms with Gasteiger partial charge in [-0.3, -0.25) is 4.79 Å². The van der Waals surface area contributed by atoms with Crippen molar-refractivity contribution in [3.63, 3.8) is 0 Å². The molecule has 0 aliphatic heterocycles. The van der Waals surface area contributed by atoms with E-state index in [4.69, 9.17) is 14.6 Å². The van der Waals surface area contributed by atoms with Crippen LogP contribution in [0, 0.1) is 6.92 Å². The Bertz CT molecular complexity index is 786. The Kier molecular flexibility index (Phi) is 6.60. The lowest BCUT2D eigenvalue weighted by Crippen LogP contribution is -2.20. The number of anilines is 1. The SMILES string of the molecule is Cc1ccc(C(C)C)c(OCC(=O)Nc2cccc(OCC(=O)O)c2)c1. The molecule has 6 nitrogen and oxygen atoms in total. The van der Waals surface area contributed by atoms with E-state index < -0.39 is 12.6 Å². The van der Waals surface area contributed by atoms with Crippen molar-refractivity contribution in [2.45, 2.75) is 26.7 Å². The maximum absolute atomic E-state index is 12.2. The zero-order valence-corrected chi connectivity index (χ0v) is 15.1. The summed E-state index contributed by atoms with van der Waals surface area (Å²) in [4.78, 5) is 22.7. The molecule has 0 aromatic heterocycles. The highest BCUT2D eigenvalue weighted by Crippen LogP contribution is 2.27. The van der Waals surface area contributed by atoms with Gasteiger partial charge in [-0.25, -0.2) is 4.79 Å². The molecule has 0 radical (unpaired) electrons. The van der Waals surface area contributed by atoms with E-state index in [9.17, 15) is 9.59 Å². The summed E-state index contributed by atoms with van der Waals surface area (Å²) in [6, 6.07) is 12.5. The van der Waals surface area contributed by atoms with Crippen LogP contribution in [-0.4, -0.2) is 30.2 Å². The molecule has 2 rings (SSSR count). The summed E-state index contributed by atoms with van der Waals surface area (Å²) in [5.74, 6) is -0.0131. The fraction of sp³-hybridized carbons (Fsp3) is 0.300. The fourth-order valence-corrected chi connectivity index (χ4v) is 2.39. The topological polar surface area (TPSA) is 84.9 Å². The Balaban J connectivity index is 1.96. The number of carbonyl (C=O) groups excluding carboxylic acids is 1. The van der Waals surface area contributed by atoms with Crippen LogP contribution in [0.1, 0.15) is 30.9 Å². The van der Waals surface area contributed by atoms with Gasteiger partial charge in [-0.1, -0.05) is 32.0 Å². The Hall–Kier alpha value is -3.02. The van der Waals surface area contributed by atoms with E-state index in [0.29, 0.717) is 17.2 Å². The average Bonchev–Trinajstić information content (AvgIpc) is 2.58. The van der Waals surface area contributed by atoms with Crippen LogP contribution >= 0.6 is 0 Å². The van der Waals surface area contributed by atoms with E-state index >= 15 is 0 Å². The van der Waals surface area contributed by atoms with Crippen LogP contribution in [-0.2, 0) is 9.59 Å². The lowest BCUT2D eigenvalue weighted by Gasteiger charge is -2.15. The Morgan fingerprint density at radius 1 is 1.08 bits per heavy atom. The van der Waals surface area contributed by atoms with Crippen molar-refractivity contribution in [1.29, 1.82) is 0 Å². The van der Waals surface area contributed by atoms with Gasteiger partial charge in [0, 0.05) is 11.8 Å². The van der Waals surface area contributed by atoms with Crippen LogP contribution in [0.2, 0.25) is 0 Å². The first-order valence-corrected chi connectivity index (χ1v) is 8.33. The molecule has 0 unspecified atom stereocenters. The third kappa shape index (κ3) is 5.81. The molecule has 0 saturated heterocycles. The fourth-order valence-electron chi connectivity index (χ4n) is 2.39. The molecule has 0 saturated carbocycles. The second-order valence-electron chi connectivity index (χ2n) is 6.24. The maximum Gasteiger partial charge on any atom is 0.341 e. The van der Waals surface area contributed by atoms with Crippen LogP contribution in [0.3, 0.4) is 0 Å². The Morgan fingerprint density at radius 3 is 2.54 bits per heavy atom. The second kappa shape index (κ2) is 8.89. The summed E-state index contributed by atoms with van der Waals surface area (Å²) in [6.45, 7) is 5.55. The van der Waals surface area contributed by atoms with E-state index in [-0.39, 0.29) is 18.4 Å². The van der Waals surface area contributed by atoms with E-state index in [1.54, 1.807) is 24.3 Å².